The van der Waals surface area contributed by atoms with E-state index in [2.05, 4.69) is 33.0 Å². The number of carbonyl (C=O) groups excluding carboxylic acids is 3. The second kappa shape index (κ2) is 17.2. The van der Waals surface area contributed by atoms with Gasteiger partial charge >= 0.3 is 140 Å². The number of hydrogen-bond acceptors (Lipinski definition) is 6. The van der Waals surface area contributed by atoms with Gasteiger partial charge in [0, 0.05) is 11.3 Å². The van der Waals surface area contributed by atoms with Crippen molar-refractivity contribution in [1.82, 2.24) is 0 Å². The van der Waals surface area contributed by atoms with E-state index in [-0.39, 0.29) is 42.7 Å². The van der Waals surface area contributed by atoms with Gasteiger partial charge in [0.15, 0.2) is 5.84 Å². The molecular weight excluding hydrogens is 559 g/mol. The summed E-state index contributed by atoms with van der Waals surface area (Å²) in [6.07, 6.45) is 5.16. The summed E-state index contributed by atoms with van der Waals surface area (Å²) in [6.45, 7) is 7.12. The van der Waals surface area contributed by atoms with Gasteiger partial charge in [0.2, 0.25) is 0 Å². The van der Waals surface area contributed by atoms with Crippen molar-refractivity contribution in [1.29, 1.82) is 0 Å². The number of amides is 2. The number of carbonyl (C=O) groups is 3. The van der Waals surface area contributed by atoms with Crippen LogP contribution in [-0.2, 0) is 36.9 Å². The second-order valence-electron chi connectivity index (χ2n) is 8.34. The number of nitrogens with two attached hydrogens (primary N) is 2. The largest absolute Gasteiger partial charge is 0.0491 e. The van der Waals surface area contributed by atoms with Gasteiger partial charge in [0.1, 0.15) is 0 Å². The first-order chi connectivity index (χ1) is 19.2. The minimum absolute atomic E-state index is 0.0261. The van der Waals surface area contributed by atoms with Crippen LogP contribution in [-0.4, -0.2) is 29.5 Å². The van der Waals surface area contributed by atoms with Crippen LogP contribution in [0.4, 0.5) is 11.4 Å². The molecule has 2 amide bonds. The van der Waals surface area contributed by atoms with Crippen LogP contribution in [0.25, 0.3) is 0 Å². The molecule has 0 radical (unpaired) electrons. The molecule has 2 rings (SSSR count). The first kappa shape index (κ1) is 31.8. The van der Waals surface area contributed by atoms with E-state index >= 15 is 0 Å². The van der Waals surface area contributed by atoms with Crippen LogP contribution in [0.3, 0.4) is 0 Å². The van der Waals surface area contributed by atoms with Crippen molar-refractivity contribution in [3.8, 4) is 0 Å². The summed E-state index contributed by atoms with van der Waals surface area (Å²) in [5.41, 5.74) is 14.0. The molecular formula is C28H34CoN6O5. The van der Waals surface area contributed by atoms with Crippen LogP contribution in [0.2, 0.25) is 5.36 Å². The maximum Gasteiger partial charge on any atom is -0.0378 e. The fourth-order valence-electron chi connectivity index (χ4n) is 3.04. The van der Waals surface area contributed by atoms with Gasteiger partial charge in [0.25, 0.3) is 0 Å². The minimum Gasteiger partial charge on any atom is -0.0491 e. The number of benzene rings is 2. The van der Waals surface area contributed by atoms with E-state index in [1.165, 1.54) is 0 Å². The number of amidine groups is 2. The summed E-state index contributed by atoms with van der Waals surface area (Å²) < 4.78 is 15.9. The Morgan fingerprint density at radius 2 is 1.30 bits per heavy atom. The summed E-state index contributed by atoms with van der Waals surface area (Å²) in [4.78, 5) is 40.8. The number of allylic oxidation sites excluding steroid dienone is 2. The van der Waals surface area contributed by atoms with Gasteiger partial charge in [-0.2, -0.15) is 0 Å². The fourth-order valence-corrected chi connectivity index (χ4v) is 4.04. The maximum atomic E-state index is 12.3. The Morgan fingerprint density at radius 1 is 0.800 bits per heavy atom. The SMILES string of the molecule is C=CCCC(=O)O/N=C(\N)c1ccc(NC(=O)CCCC(=O)Nc2ccc(/C(N)=[N]/[Co](=[O])[CH2]CC=C)cc2)cc1. The van der Waals surface area contributed by atoms with Gasteiger partial charge < -0.3 is 15.9 Å². The van der Waals surface area contributed by atoms with Crippen molar-refractivity contribution < 1.29 is 36.9 Å². The van der Waals surface area contributed by atoms with Crippen molar-refractivity contribution in [3.05, 3.63) is 85.0 Å². The Labute approximate surface area is 237 Å². The summed E-state index contributed by atoms with van der Waals surface area (Å²) in [5.74, 6) is -0.806. The van der Waals surface area contributed by atoms with Crippen LogP contribution >= 0.6 is 0 Å². The summed E-state index contributed by atoms with van der Waals surface area (Å²) in [7, 11) is 0. The molecule has 0 bridgehead atoms. The van der Waals surface area contributed by atoms with Crippen LogP contribution in [0.5, 0.6) is 0 Å². The number of nitrogens with one attached hydrogen (secondary N) is 2. The van der Waals surface area contributed by atoms with E-state index in [1.54, 1.807) is 60.7 Å². The minimum atomic E-state index is -1.77. The average Bonchev–Trinajstić information content (AvgIpc) is 2.94. The van der Waals surface area contributed by atoms with Crippen molar-refractivity contribution in [3.63, 3.8) is 0 Å². The van der Waals surface area contributed by atoms with Gasteiger partial charge in [-0.15, -0.1) is 6.58 Å². The number of oxime groups is 1. The molecule has 12 heteroatoms. The van der Waals surface area contributed by atoms with Crippen molar-refractivity contribution in [2.75, 3.05) is 10.6 Å². The van der Waals surface area contributed by atoms with E-state index in [9.17, 15) is 18.2 Å². The Hall–Kier alpha value is -4.42. The molecule has 0 fully saturated rings. The molecule has 6 N–H and O–H groups in total. The number of rotatable bonds is 16. The molecule has 2 aromatic rings. The summed E-state index contributed by atoms with van der Waals surface area (Å²) in [6, 6.07) is 13.3. The van der Waals surface area contributed by atoms with E-state index in [0.717, 1.165) is 0 Å². The fraction of sp³-hybridized carbons (Fsp3) is 0.250. The van der Waals surface area contributed by atoms with Crippen LogP contribution < -0.4 is 22.1 Å². The van der Waals surface area contributed by atoms with E-state index in [0.29, 0.717) is 47.1 Å². The first-order valence-electron chi connectivity index (χ1n) is 12.4. The molecule has 0 atom stereocenters. The van der Waals surface area contributed by atoms with Gasteiger partial charge in [0.05, 0.1) is 6.42 Å². The molecule has 0 heterocycles. The second-order valence-corrected chi connectivity index (χ2v) is 9.91. The Bertz CT molecular complexity index is 1270. The molecule has 0 unspecified atom stereocenters. The third kappa shape index (κ3) is 12.0. The maximum absolute atomic E-state index is 12.3. The van der Waals surface area contributed by atoms with Crippen LogP contribution in [0.1, 0.15) is 49.7 Å². The molecule has 0 aromatic heterocycles. The molecule has 0 saturated carbocycles. The predicted octanol–water partition coefficient (Wildman–Crippen LogP) is 4.14. The van der Waals surface area contributed by atoms with Gasteiger partial charge in [-0.3, -0.25) is 4.79 Å². The zero-order valence-electron chi connectivity index (χ0n) is 22.1. The third-order valence-corrected chi connectivity index (χ3v) is 6.40. The molecule has 2 aromatic carbocycles. The number of nitrogens with zero attached hydrogens (tertiary/aromatic N) is 2. The monoisotopic (exact) mass is 593 g/mol. The third-order valence-electron chi connectivity index (χ3n) is 5.14. The summed E-state index contributed by atoms with van der Waals surface area (Å²) >= 11 is -1.77. The van der Waals surface area contributed by atoms with Crippen molar-refractivity contribution in [2.24, 2.45) is 20.7 Å². The normalized spacial score (nSPS) is 11.8. The molecule has 40 heavy (non-hydrogen) atoms. The molecule has 0 aliphatic rings. The molecule has 0 saturated heterocycles. The van der Waals surface area contributed by atoms with Crippen molar-refractivity contribution >= 4 is 40.8 Å². The average molecular weight is 594 g/mol. The van der Waals surface area contributed by atoms with Crippen LogP contribution in [0, 0.1) is 0 Å². The zero-order chi connectivity index (χ0) is 29.3. The molecule has 0 aliphatic carbocycles. The topological polar surface area (TPSA) is 178 Å². The molecule has 215 valence electrons. The van der Waals surface area contributed by atoms with Gasteiger partial charge in [-0.25, -0.2) is 4.79 Å². The summed E-state index contributed by atoms with van der Waals surface area (Å²) in [5, 5.41) is 9.52. The van der Waals surface area contributed by atoms with Gasteiger partial charge in [-0.1, -0.05) is 11.2 Å². The molecule has 0 aliphatic heterocycles. The molecule has 0 spiro atoms. The van der Waals surface area contributed by atoms with E-state index in [1.807, 2.05) is 0 Å². The Balaban J connectivity index is 1.75. The Kier molecular flexibility index (Phi) is 13.7. The Morgan fingerprint density at radius 3 is 1.80 bits per heavy atom. The number of anilines is 2. The standard InChI is InChI=1S/C24H27N6O4.C4H7.Co.O/c1-2-3-7-22(33)34-30-24(27)17-10-14-19(15-11-17)29-21(32)6-4-5-20(31)28-18-12-8-16(9-13-18)23(25)26;1-3-4-2;;/h2,8-15H,1,3-7H2,(H6-,25,26,27,28,29,30,31,32);3H,1-2,4H2;;/q-1;;+1;. The van der Waals surface area contributed by atoms with E-state index < -0.39 is 19.8 Å². The quantitative estimate of drug-likeness (QED) is 0.0742. The number of hydrogen-bond donors (Lipinski definition) is 4. The van der Waals surface area contributed by atoms with Gasteiger partial charge in [-0.05, 0) is 30.7 Å². The first-order valence-corrected chi connectivity index (χ1v) is 14.0. The van der Waals surface area contributed by atoms with E-state index in [4.69, 9.17) is 16.3 Å². The smallest absolute Gasteiger partial charge is 0.0378 e. The predicted molar refractivity (Wildman–Crippen MR) is 151 cm³/mol. The van der Waals surface area contributed by atoms with Crippen molar-refractivity contribution in [2.45, 2.75) is 43.9 Å². The zero-order valence-corrected chi connectivity index (χ0v) is 23.1. The molecule has 11 nitrogen and oxygen atoms in total. The van der Waals surface area contributed by atoms with Crippen LogP contribution in [0.15, 0.2) is 83.0 Å².